The Morgan fingerprint density at radius 1 is 1.06 bits per heavy atom. The summed E-state index contributed by atoms with van der Waals surface area (Å²) in [5.41, 5.74) is 0.669. The van der Waals surface area contributed by atoms with Crippen molar-refractivity contribution in [1.29, 1.82) is 5.26 Å². The Morgan fingerprint density at radius 2 is 1.83 bits per heavy atom. The molecule has 0 saturated carbocycles. The zero-order valence-corrected chi connectivity index (χ0v) is 10.3. The summed E-state index contributed by atoms with van der Waals surface area (Å²) in [5, 5.41) is 11.0. The third-order valence-electron chi connectivity index (χ3n) is 2.69. The SMILES string of the molecule is CCOCCOc1ccc(C#N)c2ccccc12. The standard InChI is InChI=1S/C15H15NO2/c1-2-17-9-10-18-15-8-7-12(11-16)13-5-3-4-6-14(13)15/h3-8H,2,9-10H2,1H3. The minimum atomic E-state index is 0.518. The van der Waals surface area contributed by atoms with Gasteiger partial charge in [0.25, 0.3) is 0 Å². The van der Waals surface area contributed by atoms with Crippen LogP contribution < -0.4 is 4.74 Å². The van der Waals surface area contributed by atoms with Crippen LogP contribution in [0, 0.1) is 11.3 Å². The second-order valence-corrected chi connectivity index (χ2v) is 3.81. The molecule has 0 aromatic heterocycles. The van der Waals surface area contributed by atoms with E-state index >= 15 is 0 Å². The van der Waals surface area contributed by atoms with Crippen molar-refractivity contribution in [2.24, 2.45) is 0 Å². The third-order valence-corrected chi connectivity index (χ3v) is 2.69. The minimum absolute atomic E-state index is 0.518. The van der Waals surface area contributed by atoms with Crippen LogP contribution in [0.3, 0.4) is 0 Å². The molecule has 0 fully saturated rings. The van der Waals surface area contributed by atoms with E-state index < -0.39 is 0 Å². The molecule has 0 radical (unpaired) electrons. The van der Waals surface area contributed by atoms with E-state index in [1.807, 2.05) is 37.3 Å². The molecule has 0 bridgehead atoms. The molecule has 0 aliphatic heterocycles. The average Bonchev–Trinajstić information content (AvgIpc) is 2.43. The van der Waals surface area contributed by atoms with E-state index in [4.69, 9.17) is 14.7 Å². The number of rotatable bonds is 5. The lowest BCUT2D eigenvalue weighted by Gasteiger charge is -2.10. The highest BCUT2D eigenvalue weighted by Crippen LogP contribution is 2.28. The molecule has 0 aliphatic carbocycles. The van der Waals surface area contributed by atoms with Crippen LogP contribution >= 0.6 is 0 Å². The van der Waals surface area contributed by atoms with Crippen molar-refractivity contribution in [3.8, 4) is 11.8 Å². The van der Waals surface area contributed by atoms with E-state index in [1.54, 1.807) is 6.07 Å². The molecule has 0 saturated heterocycles. The fourth-order valence-corrected chi connectivity index (χ4v) is 1.85. The van der Waals surface area contributed by atoms with Crippen LogP contribution in [-0.2, 0) is 4.74 Å². The van der Waals surface area contributed by atoms with E-state index in [0.29, 0.717) is 25.4 Å². The van der Waals surface area contributed by atoms with Gasteiger partial charge in [-0.25, -0.2) is 0 Å². The number of fused-ring (bicyclic) bond motifs is 1. The number of hydrogen-bond acceptors (Lipinski definition) is 3. The van der Waals surface area contributed by atoms with Gasteiger partial charge in [-0.2, -0.15) is 5.26 Å². The topological polar surface area (TPSA) is 42.2 Å². The molecule has 18 heavy (non-hydrogen) atoms. The second-order valence-electron chi connectivity index (χ2n) is 3.81. The molecule has 0 amide bonds. The molecule has 0 heterocycles. The number of ether oxygens (including phenoxy) is 2. The summed E-state index contributed by atoms with van der Waals surface area (Å²) in [6.07, 6.45) is 0. The molecule has 2 aromatic carbocycles. The highest BCUT2D eigenvalue weighted by atomic mass is 16.5. The summed E-state index contributed by atoms with van der Waals surface area (Å²) < 4.78 is 10.9. The Bertz CT molecular complexity index is 572. The predicted octanol–water partition coefficient (Wildman–Crippen LogP) is 3.13. The first-order chi connectivity index (χ1) is 8.86. The predicted molar refractivity (Wildman–Crippen MR) is 70.7 cm³/mol. The van der Waals surface area contributed by atoms with E-state index in [2.05, 4.69) is 6.07 Å². The molecule has 2 rings (SSSR count). The Morgan fingerprint density at radius 3 is 2.56 bits per heavy atom. The van der Waals surface area contributed by atoms with Gasteiger partial charge in [-0.05, 0) is 19.1 Å². The van der Waals surface area contributed by atoms with Gasteiger partial charge in [-0.1, -0.05) is 24.3 Å². The maximum Gasteiger partial charge on any atom is 0.127 e. The van der Waals surface area contributed by atoms with Gasteiger partial charge in [0.15, 0.2) is 0 Å². The van der Waals surface area contributed by atoms with Crippen molar-refractivity contribution in [3.63, 3.8) is 0 Å². The zero-order chi connectivity index (χ0) is 12.8. The molecule has 2 aromatic rings. The number of benzene rings is 2. The maximum absolute atomic E-state index is 9.06. The van der Waals surface area contributed by atoms with Gasteiger partial charge in [0.2, 0.25) is 0 Å². The Balaban J connectivity index is 2.27. The lowest BCUT2D eigenvalue weighted by molar-refractivity contribution is 0.111. The third kappa shape index (κ3) is 2.61. The van der Waals surface area contributed by atoms with Gasteiger partial charge in [-0.3, -0.25) is 0 Å². The minimum Gasteiger partial charge on any atom is -0.491 e. The van der Waals surface area contributed by atoms with Crippen LogP contribution in [0.25, 0.3) is 10.8 Å². The Kier molecular flexibility index (Phi) is 4.16. The highest BCUT2D eigenvalue weighted by molar-refractivity contribution is 5.92. The van der Waals surface area contributed by atoms with E-state index in [0.717, 1.165) is 16.5 Å². The molecule has 0 spiro atoms. The van der Waals surface area contributed by atoms with Gasteiger partial charge in [0.05, 0.1) is 18.2 Å². The van der Waals surface area contributed by atoms with Gasteiger partial charge in [-0.15, -0.1) is 0 Å². The fourth-order valence-electron chi connectivity index (χ4n) is 1.85. The van der Waals surface area contributed by atoms with Crippen LogP contribution in [0.4, 0.5) is 0 Å². The number of nitriles is 1. The van der Waals surface area contributed by atoms with Crippen molar-refractivity contribution in [3.05, 3.63) is 42.0 Å². The van der Waals surface area contributed by atoms with Crippen LogP contribution in [-0.4, -0.2) is 19.8 Å². The van der Waals surface area contributed by atoms with Crippen molar-refractivity contribution in [1.82, 2.24) is 0 Å². The molecule has 0 atom stereocenters. The molecule has 0 aliphatic rings. The van der Waals surface area contributed by atoms with Crippen molar-refractivity contribution >= 4 is 10.8 Å². The summed E-state index contributed by atoms with van der Waals surface area (Å²) in [5.74, 6) is 0.796. The largest absolute Gasteiger partial charge is 0.491 e. The first kappa shape index (κ1) is 12.4. The highest BCUT2D eigenvalue weighted by Gasteiger charge is 2.05. The van der Waals surface area contributed by atoms with Crippen LogP contribution in [0.15, 0.2) is 36.4 Å². The summed E-state index contributed by atoms with van der Waals surface area (Å²) in [6.45, 7) is 3.74. The summed E-state index contributed by atoms with van der Waals surface area (Å²) in [6, 6.07) is 13.6. The van der Waals surface area contributed by atoms with Gasteiger partial charge < -0.3 is 9.47 Å². The molecular weight excluding hydrogens is 226 g/mol. The number of nitrogens with zero attached hydrogens (tertiary/aromatic N) is 1. The van der Waals surface area contributed by atoms with Crippen molar-refractivity contribution in [2.45, 2.75) is 6.92 Å². The molecule has 0 unspecified atom stereocenters. The summed E-state index contributed by atoms with van der Waals surface area (Å²) in [4.78, 5) is 0. The zero-order valence-electron chi connectivity index (χ0n) is 10.3. The molecule has 92 valence electrons. The van der Waals surface area contributed by atoms with Crippen molar-refractivity contribution < 1.29 is 9.47 Å². The van der Waals surface area contributed by atoms with Gasteiger partial charge >= 0.3 is 0 Å². The lowest BCUT2D eigenvalue weighted by atomic mass is 10.0. The Hall–Kier alpha value is -2.05. The average molecular weight is 241 g/mol. The fraction of sp³-hybridized carbons (Fsp3) is 0.267. The molecule has 0 N–H and O–H groups in total. The maximum atomic E-state index is 9.06. The summed E-state index contributed by atoms with van der Waals surface area (Å²) >= 11 is 0. The monoisotopic (exact) mass is 241 g/mol. The summed E-state index contributed by atoms with van der Waals surface area (Å²) in [7, 11) is 0. The Labute approximate surface area is 107 Å². The molecule has 3 nitrogen and oxygen atoms in total. The van der Waals surface area contributed by atoms with Crippen LogP contribution in [0.2, 0.25) is 0 Å². The first-order valence-electron chi connectivity index (χ1n) is 5.99. The lowest BCUT2D eigenvalue weighted by Crippen LogP contribution is -2.06. The smallest absolute Gasteiger partial charge is 0.127 e. The quantitative estimate of drug-likeness (QED) is 0.755. The van der Waals surface area contributed by atoms with E-state index in [-0.39, 0.29) is 0 Å². The van der Waals surface area contributed by atoms with Crippen LogP contribution in [0.1, 0.15) is 12.5 Å². The van der Waals surface area contributed by atoms with Crippen molar-refractivity contribution in [2.75, 3.05) is 19.8 Å². The van der Waals surface area contributed by atoms with Crippen LogP contribution in [0.5, 0.6) is 5.75 Å². The molecular formula is C15H15NO2. The first-order valence-corrected chi connectivity index (χ1v) is 5.99. The molecule has 3 heteroatoms. The second kappa shape index (κ2) is 6.04. The number of hydrogen-bond donors (Lipinski definition) is 0. The van der Waals surface area contributed by atoms with Gasteiger partial charge in [0.1, 0.15) is 12.4 Å². The van der Waals surface area contributed by atoms with E-state index in [9.17, 15) is 0 Å². The van der Waals surface area contributed by atoms with E-state index in [1.165, 1.54) is 0 Å². The normalized spacial score (nSPS) is 10.2. The van der Waals surface area contributed by atoms with Gasteiger partial charge in [0, 0.05) is 17.4 Å².